The topological polar surface area (TPSA) is 92.6 Å². The van der Waals surface area contributed by atoms with E-state index in [2.05, 4.69) is 15.2 Å². The van der Waals surface area contributed by atoms with Gasteiger partial charge in [0.25, 0.3) is 0 Å². The first-order valence-corrected chi connectivity index (χ1v) is 10.5. The molecule has 4 rings (SSSR count). The van der Waals surface area contributed by atoms with E-state index in [0.717, 1.165) is 11.3 Å². The molecule has 0 unspecified atom stereocenters. The molecule has 9 nitrogen and oxygen atoms in total. The van der Waals surface area contributed by atoms with E-state index >= 15 is 0 Å². The Hall–Kier alpha value is -3.53. The van der Waals surface area contributed by atoms with Crippen molar-refractivity contribution in [3.63, 3.8) is 0 Å². The molecule has 168 valence electrons. The van der Waals surface area contributed by atoms with Crippen LogP contribution in [0.2, 0.25) is 0 Å². The lowest BCUT2D eigenvalue weighted by Gasteiger charge is -2.34. The Morgan fingerprint density at radius 3 is 2.72 bits per heavy atom. The van der Waals surface area contributed by atoms with Crippen molar-refractivity contribution in [3.05, 3.63) is 54.2 Å². The molecule has 1 saturated heterocycles. The van der Waals surface area contributed by atoms with Gasteiger partial charge >= 0.3 is 12.0 Å². The van der Waals surface area contributed by atoms with Gasteiger partial charge in [-0.05, 0) is 37.3 Å². The number of pyridine rings is 1. The van der Waals surface area contributed by atoms with Crippen LogP contribution < -0.4 is 5.32 Å². The number of nitrogens with one attached hydrogen (secondary N) is 1. The number of hydrogen-bond acceptors (Lipinski definition) is 6. The average molecular weight is 440 g/mol. The third-order valence-electron chi connectivity index (χ3n) is 5.27. The van der Waals surface area contributed by atoms with Crippen molar-refractivity contribution in [3.8, 4) is 5.69 Å². The van der Waals surface area contributed by atoms with Gasteiger partial charge in [0.2, 0.25) is 0 Å². The van der Waals surface area contributed by atoms with E-state index in [-0.39, 0.29) is 25.0 Å². The summed E-state index contributed by atoms with van der Waals surface area (Å²) < 4.78 is 20.6. The zero-order valence-corrected chi connectivity index (χ0v) is 17.8. The van der Waals surface area contributed by atoms with Crippen molar-refractivity contribution in [2.75, 3.05) is 39.3 Å². The largest absolute Gasteiger partial charge is 0.465 e. The molecule has 1 aliphatic rings. The molecule has 3 heterocycles. The number of urea groups is 1. The maximum absolute atomic E-state index is 13.9. The third-order valence-corrected chi connectivity index (χ3v) is 5.27. The SMILES string of the molecule is CCOC(=O)CNC(=O)N1CCN(Cc2nc3cccnc3n2-c2cccc(F)c2)CC1. The number of carbonyl (C=O) groups excluding carboxylic acids is 2. The number of ether oxygens (including phenoxy) is 1. The van der Waals surface area contributed by atoms with Gasteiger partial charge in [-0.2, -0.15) is 0 Å². The van der Waals surface area contributed by atoms with Gasteiger partial charge in [0.05, 0.1) is 18.8 Å². The van der Waals surface area contributed by atoms with Gasteiger partial charge in [-0.1, -0.05) is 6.07 Å². The van der Waals surface area contributed by atoms with E-state index in [1.807, 2.05) is 22.8 Å². The first-order valence-electron chi connectivity index (χ1n) is 10.5. The second-order valence-corrected chi connectivity index (χ2v) is 7.42. The van der Waals surface area contributed by atoms with Crippen LogP contribution in [0.25, 0.3) is 16.9 Å². The lowest BCUT2D eigenvalue weighted by molar-refractivity contribution is -0.141. The van der Waals surface area contributed by atoms with Crippen LogP contribution in [-0.4, -0.2) is 75.7 Å². The Labute approximate surface area is 184 Å². The average Bonchev–Trinajstić information content (AvgIpc) is 3.16. The predicted molar refractivity (Wildman–Crippen MR) is 116 cm³/mol. The summed E-state index contributed by atoms with van der Waals surface area (Å²) in [6.45, 7) is 4.73. The van der Waals surface area contributed by atoms with Crippen LogP contribution in [0.5, 0.6) is 0 Å². The Balaban J connectivity index is 1.43. The van der Waals surface area contributed by atoms with Crippen molar-refractivity contribution in [2.45, 2.75) is 13.5 Å². The Kier molecular flexibility index (Phi) is 6.60. The first kappa shape index (κ1) is 21.7. The molecule has 0 spiro atoms. The van der Waals surface area contributed by atoms with E-state index < -0.39 is 5.97 Å². The number of piperazine rings is 1. The zero-order chi connectivity index (χ0) is 22.5. The number of esters is 1. The Bertz CT molecular complexity index is 1110. The van der Waals surface area contributed by atoms with Gasteiger partial charge < -0.3 is 15.0 Å². The molecule has 3 aromatic rings. The number of aromatic nitrogens is 3. The lowest BCUT2D eigenvalue weighted by Crippen LogP contribution is -2.52. The second-order valence-electron chi connectivity index (χ2n) is 7.42. The normalized spacial score (nSPS) is 14.5. The van der Waals surface area contributed by atoms with Gasteiger partial charge in [-0.15, -0.1) is 0 Å². The maximum Gasteiger partial charge on any atom is 0.325 e. The molecule has 2 amide bonds. The quantitative estimate of drug-likeness (QED) is 0.589. The smallest absolute Gasteiger partial charge is 0.325 e. The number of nitrogens with zero attached hydrogens (tertiary/aromatic N) is 5. The van der Waals surface area contributed by atoms with Crippen molar-refractivity contribution < 1.29 is 18.7 Å². The molecule has 1 N–H and O–H groups in total. The van der Waals surface area contributed by atoms with E-state index in [9.17, 15) is 14.0 Å². The molecular weight excluding hydrogens is 415 g/mol. The summed E-state index contributed by atoms with van der Waals surface area (Å²) in [6.07, 6.45) is 1.69. The zero-order valence-electron chi connectivity index (χ0n) is 17.8. The number of benzene rings is 1. The van der Waals surface area contributed by atoms with Crippen LogP contribution >= 0.6 is 0 Å². The number of fused-ring (bicyclic) bond motifs is 1. The summed E-state index contributed by atoms with van der Waals surface area (Å²) in [4.78, 5) is 36.7. The first-order chi connectivity index (χ1) is 15.5. The number of halogens is 1. The summed E-state index contributed by atoms with van der Waals surface area (Å²) in [5, 5.41) is 2.59. The molecule has 32 heavy (non-hydrogen) atoms. The molecular formula is C22H25FN6O3. The Morgan fingerprint density at radius 2 is 1.97 bits per heavy atom. The molecule has 1 fully saturated rings. The van der Waals surface area contributed by atoms with E-state index in [1.165, 1.54) is 12.1 Å². The van der Waals surface area contributed by atoms with Gasteiger partial charge in [0, 0.05) is 32.4 Å². The van der Waals surface area contributed by atoms with Gasteiger partial charge in [-0.3, -0.25) is 14.3 Å². The number of carbonyl (C=O) groups is 2. The van der Waals surface area contributed by atoms with Crippen LogP contribution in [0.4, 0.5) is 9.18 Å². The summed E-state index contributed by atoms with van der Waals surface area (Å²) in [5.74, 6) is -0.0254. The van der Waals surface area contributed by atoms with E-state index in [4.69, 9.17) is 9.72 Å². The molecule has 0 aliphatic carbocycles. The van der Waals surface area contributed by atoms with Crippen molar-refractivity contribution in [1.82, 2.24) is 29.7 Å². The van der Waals surface area contributed by atoms with Crippen LogP contribution in [-0.2, 0) is 16.1 Å². The predicted octanol–water partition coefficient (Wildman–Crippen LogP) is 1.95. The minimum absolute atomic E-state index is 0.141. The van der Waals surface area contributed by atoms with Crippen molar-refractivity contribution in [1.29, 1.82) is 0 Å². The standard InChI is InChI=1S/C22H25FN6O3/c1-2-32-20(30)14-25-22(31)28-11-9-27(10-12-28)15-19-26-18-7-4-8-24-21(18)29(19)17-6-3-5-16(23)13-17/h3-8,13H,2,9-12,14-15H2,1H3,(H,25,31). The monoisotopic (exact) mass is 440 g/mol. The fourth-order valence-electron chi connectivity index (χ4n) is 3.73. The summed E-state index contributed by atoms with van der Waals surface area (Å²) in [7, 11) is 0. The summed E-state index contributed by atoms with van der Waals surface area (Å²) in [5.41, 5.74) is 2.08. The van der Waals surface area contributed by atoms with Gasteiger partial charge in [0.1, 0.15) is 23.7 Å². The third kappa shape index (κ3) is 4.86. The molecule has 0 saturated carbocycles. The summed E-state index contributed by atoms with van der Waals surface area (Å²) >= 11 is 0. The molecule has 0 radical (unpaired) electrons. The van der Waals surface area contributed by atoms with Crippen LogP contribution in [0.1, 0.15) is 12.7 Å². The molecule has 0 atom stereocenters. The number of rotatable bonds is 6. The molecule has 1 aliphatic heterocycles. The van der Waals surface area contributed by atoms with Gasteiger partial charge in [0.15, 0.2) is 5.65 Å². The van der Waals surface area contributed by atoms with E-state index in [0.29, 0.717) is 44.1 Å². The van der Waals surface area contributed by atoms with Crippen LogP contribution in [0.3, 0.4) is 0 Å². The molecule has 2 aromatic heterocycles. The fourth-order valence-corrected chi connectivity index (χ4v) is 3.73. The molecule has 1 aromatic carbocycles. The highest BCUT2D eigenvalue weighted by molar-refractivity contribution is 5.81. The van der Waals surface area contributed by atoms with Crippen molar-refractivity contribution >= 4 is 23.2 Å². The highest BCUT2D eigenvalue weighted by Crippen LogP contribution is 2.22. The van der Waals surface area contributed by atoms with E-state index in [1.54, 1.807) is 24.1 Å². The van der Waals surface area contributed by atoms with Crippen LogP contribution in [0.15, 0.2) is 42.6 Å². The highest BCUT2D eigenvalue weighted by Gasteiger charge is 2.24. The Morgan fingerprint density at radius 1 is 1.16 bits per heavy atom. The van der Waals surface area contributed by atoms with Crippen molar-refractivity contribution in [2.24, 2.45) is 0 Å². The minimum Gasteiger partial charge on any atom is -0.465 e. The second kappa shape index (κ2) is 9.73. The number of imidazole rings is 1. The summed E-state index contributed by atoms with van der Waals surface area (Å²) in [6, 6.07) is 9.78. The molecule has 10 heteroatoms. The number of hydrogen-bond donors (Lipinski definition) is 1. The van der Waals surface area contributed by atoms with Gasteiger partial charge in [-0.25, -0.2) is 19.2 Å². The maximum atomic E-state index is 13.9. The van der Waals surface area contributed by atoms with Crippen LogP contribution in [0, 0.1) is 5.82 Å². The highest BCUT2D eigenvalue weighted by atomic mass is 19.1. The number of amides is 2. The molecule has 0 bridgehead atoms. The fraction of sp³-hybridized carbons (Fsp3) is 0.364. The minimum atomic E-state index is -0.454. The lowest BCUT2D eigenvalue weighted by atomic mass is 10.3.